The summed E-state index contributed by atoms with van der Waals surface area (Å²) in [6.45, 7) is 1.66. The van der Waals surface area contributed by atoms with E-state index in [2.05, 4.69) is 5.10 Å². The van der Waals surface area contributed by atoms with Gasteiger partial charge in [0, 0.05) is 0 Å². The SMILES string of the molecule is Cc1nn(-c2cccc(C(=O)O)c2)c(Cl)c1C=O. The Morgan fingerprint density at radius 2 is 2.22 bits per heavy atom. The molecule has 1 N–H and O–H groups in total. The van der Waals surface area contributed by atoms with Crippen molar-refractivity contribution in [2.24, 2.45) is 0 Å². The van der Waals surface area contributed by atoms with E-state index in [1.54, 1.807) is 19.1 Å². The summed E-state index contributed by atoms with van der Waals surface area (Å²) in [6, 6.07) is 6.16. The van der Waals surface area contributed by atoms with E-state index in [0.717, 1.165) is 0 Å². The third-order valence-electron chi connectivity index (χ3n) is 2.50. The first-order valence-corrected chi connectivity index (χ1v) is 5.46. The van der Waals surface area contributed by atoms with Crippen LogP contribution in [0.25, 0.3) is 5.69 Å². The van der Waals surface area contributed by atoms with Crippen molar-refractivity contribution in [1.82, 2.24) is 9.78 Å². The Morgan fingerprint density at radius 1 is 1.50 bits per heavy atom. The van der Waals surface area contributed by atoms with Crippen molar-refractivity contribution in [3.05, 3.63) is 46.2 Å². The first-order chi connectivity index (χ1) is 8.54. The molecule has 2 aromatic rings. The van der Waals surface area contributed by atoms with Crippen LogP contribution in [0.1, 0.15) is 26.4 Å². The molecule has 0 spiro atoms. The maximum atomic E-state index is 10.9. The maximum absolute atomic E-state index is 10.9. The Morgan fingerprint density at radius 3 is 2.78 bits per heavy atom. The molecule has 0 unspecified atom stereocenters. The molecule has 0 radical (unpaired) electrons. The average Bonchev–Trinajstić information content (AvgIpc) is 2.64. The number of aromatic nitrogens is 2. The predicted molar refractivity (Wildman–Crippen MR) is 65.7 cm³/mol. The number of carbonyl (C=O) groups is 2. The monoisotopic (exact) mass is 264 g/mol. The predicted octanol–water partition coefficient (Wildman–Crippen LogP) is 2.34. The lowest BCUT2D eigenvalue weighted by molar-refractivity contribution is 0.0696. The van der Waals surface area contributed by atoms with Crippen molar-refractivity contribution >= 4 is 23.9 Å². The number of aldehydes is 1. The lowest BCUT2D eigenvalue weighted by Gasteiger charge is -2.04. The van der Waals surface area contributed by atoms with Crippen LogP contribution in [0.4, 0.5) is 0 Å². The molecule has 0 saturated carbocycles. The van der Waals surface area contributed by atoms with Crippen LogP contribution in [0.5, 0.6) is 0 Å². The van der Waals surface area contributed by atoms with Crippen molar-refractivity contribution in [3.8, 4) is 5.69 Å². The quantitative estimate of drug-likeness (QED) is 0.864. The van der Waals surface area contributed by atoms with Gasteiger partial charge in [0.2, 0.25) is 0 Å². The highest BCUT2D eigenvalue weighted by Gasteiger charge is 2.14. The molecular weight excluding hydrogens is 256 g/mol. The van der Waals surface area contributed by atoms with Gasteiger partial charge in [0.15, 0.2) is 6.29 Å². The molecule has 18 heavy (non-hydrogen) atoms. The lowest BCUT2D eigenvalue weighted by Crippen LogP contribution is -2.01. The van der Waals surface area contributed by atoms with Crippen molar-refractivity contribution in [3.63, 3.8) is 0 Å². The first-order valence-electron chi connectivity index (χ1n) is 5.08. The Labute approximate surface area is 108 Å². The summed E-state index contributed by atoms with van der Waals surface area (Å²) in [7, 11) is 0. The Balaban J connectivity index is 2.59. The fourth-order valence-corrected chi connectivity index (χ4v) is 1.90. The Hall–Kier alpha value is -2.14. The number of halogens is 1. The largest absolute Gasteiger partial charge is 0.478 e. The number of aromatic carboxylic acids is 1. The molecule has 0 aliphatic rings. The van der Waals surface area contributed by atoms with Crippen LogP contribution in [-0.2, 0) is 0 Å². The molecule has 5 nitrogen and oxygen atoms in total. The molecule has 0 amide bonds. The number of hydrogen-bond acceptors (Lipinski definition) is 3. The van der Waals surface area contributed by atoms with Gasteiger partial charge in [-0.25, -0.2) is 9.48 Å². The highest BCUT2D eigenvalue weighted by Crippen LogP contribution is 2.22. The van der Waals surface area contributed by atoms with Gasteiger partial charge in [-0.15, -0.1) is 0 Å². The minimum absolute atomic E-state index is 0.129. The van der Waals surface area contributed by atoms with E-state index in [4.69, 9.17) is 16.7 Å². The minimum atomic E-state index is -1.03. The molecule has 1 aromatic carbocycles. The smallest absolute Gasteiger partial charge is 0.335 e. The maximum Gasteiger partial charge on any atom is 0.335 e. The third-order valence-corrected chi connectivity index (χ3v) is 2.87. The van der Waals surface area contributed by atoms with Gasteiger partial charge in [0.25, 0.3) is 0 Å². The normalized spacial score (nSPS) is 10.3. The Bertz CT molecular complexity index is 634. The van der Waals surface area contributed by atoms with E-state index < -0.39 is 5.97 Å². The summed E-state index contributed by atoms with van der Waals surface area (Å²) >= 11 is 6.02. The molecule has 0 saturated heterocycles. The molecule has 1 aromatic heterocycles. The molecule has 1 heterocycles. The van der Waals surface area contributed by atoms with Crippen molar-refractivity contribution in [1.29, 1.82) is 0 Å². The molecule has 0 fully saturated rings. The second-order valence-corrected chi connectivity index (χ2v) is 4.03. The Kier molecular flexibility index (Phi) is 3.16. The van der Waals surface area contributed by atoms with E-state index in [9.17, 15) is 9.59 Å². The zero-order chi connectivity index (χ0) is 13.3. The van der Waals surface area contributed by atoms with Gasteiger partial charge < -0.3 is 5.11 Å². The van der Waals surface area contributed by atoms with Crippen molar-refractivity contribution in [2.75, 3.05) is 0 Å². The minimum Gasteiger partial charge on any atom is -0.478 e. The van der Waals surface area contributed by atoms with E-state index in [0.29, 0.717) is 23.2 Å². The lowest BCUT2D eigenvalue weighted by atomic mass is 10.2. The molecule has 6 heteroatoms. The van der Waals surface area contributed by atoms with Gasteiger partial charge >= 0.3 is 5.97 Å². The summed E-state index contributed by atoms with van der Waals surface area (Å²) in [5.41, 5.74) is 1.42. The summed E-state index contributed by atoms with van der Waals surface area (Å²) < 4.78 is 1.34. The molecular formula is C12H9ClN2O3. The zero-order valence-corrected chi connectivity index (χ0v) is 10.2. The summed E-state index contributed by atoms with van der Waals surface area (Å²) in [6.07, 6.45) is 0.627. The fraction of sp³-hybridized carbons (Fsp3) is 0.0833. The molecule has 0 aliphatic heterocycles. The second kappa shape index (κ2) is 4.62. The van der Waals surface area contributed by atoms with Crippen LogP contribution in [0, 0.1) is 6.92 Å². The number of aryl methyl sites for hydroxylation is 1. The van der Waals surface area contributed by atoms with Gasteiger partial charge in [0.05, 0.1) is 22.5 Å². The van der Waals surface area contributed by atoms with Crippen molar-refractivity contribution < 1.29 is 14.7 Å². The number of carbonyl (C=O) groups excluding carboxylic acids is 1. The van der Waals surface area contributed by atoms with E-state index in [1.807, 2.05) is 0 Å². The van der Waals surface area contributed by atoms with Crippen LogP contribution in [-0.4, -0.2) is 27.1 Å². The van der Waals surface area contributed by atoms with E-state index in [1.165, 1.54) is 16.8 Å². The van der Waals surface area contributed by atoms with Crippen LogP contribution in [0.3, 0.4) is 0 Å². The van der Waals surface area contributed by atoms with Crippen LogP contribution < -0.4 is 0 Å². The van der Waals surface area contributed by atoms with Crippen molar-refractivity contribution in [2.45, 2.75) is 6.92 Å². The average molecular weight is 265 g/mol. The standard InChI is InChI=1S/C12H9ClN2O3/c1-7-10(6-16)11(13)15(14-7)9-4-2-3-8(5-9)12(17)18/h2-6H,1H3,(H,17,18). The fourth-order valence-electron chi connectivity index (χ4n) is 1.59. The zero-order valence-electron chi connectivity index (χ0n) is 9.42. The number of rotatable bonds is 3. The topological polar surface area (TPSA) is 72.2 Å². The van der Waals surface area contributed by atoms with E-state index >= 15 is 0 Å². The van der Waals surface area contributed by atoms with Gasteiger partial charge in [-0.3, -0.25) is 4.79 Å². The molecule has 0 bridgehead atoms. The highest BCUT2D eigenvalue weighted by atomic mass is 35.5. The number of nitrogens with zero attached hydrogens (tertiary/aromatic N) is 2. The summed E-state index contributed by atoms with van der Waals surface area (Å²) in [5.74, 6) is -1.03. The molecule has 0 aliphatic carbocycles. The van der Waals surface area contributed by atoms with Gasteiger partial charge in [-0.05, 0) is 25.1 Å². The molecule has 2 rings (SSSR count). The molecule has 0 atom stereocenters. The van der Waals surface area contributed by atoms with Crippen LogP contribution >= 0.6 is 11.6 Å². The number of hydrogen-bond donors (Lipinski definition) is 1. The number of carboxylic acids is 1. The summed E-state index contributed by atoms with van der Waals surface area (Å²) in [5, 5.41) is 13.2. The van der Waals surface area contributed by atoms with Gasteiger partial charge in [-0.1, -0.05) is 17.7 Å². The van der Waals surface area contributed by atoms with Crippen LogP contribution in [0.15, 0.2) is 24.3 Å². The molecule has 92 valence electrons. The van der Waals surface area contributed by atoms with E-state index in [-0.39, 0.29) is 10.7 Å². The summed E-state index contributed by atoms with van der Waals surface area (Å²) in [4.78, 5) is 21.7. The van der Waals surface area contributed by atoms with Gasteiger partial charge in [0.1, 0.15) is 5.15 Å². The second-order valence-electron chi connectivity index (χ2n) is 3.68. The first kappa shape index (κ1) is 12.3. The number of benzene rings is 1. The highest BCUT2D eigenvalue weighted by molar-refractivity contribution is 6.32. The van der Waals surface area contributed by atoms with Gasteiger partial charge in [-0.2, -0.15) is 5.10 Å². The number of carboxylic acid groups (broad SMARTS) is 1. The third kappa shape index (κ3) is 2.00. The van der Waals surface area contributed by atoms with Crippen LogP contribution in [0.2, 0.25) is 5.15 Å².